The summed E-state index contributed by atoms with van der Waals surface area (Å²) in [6, 6.07) is 9.19. The Morgan fingerprint density at radius 3 is 2.46 bits per heavy atom. The molecule has 6 nitrogen and oxygen atoms in total. The molecule has 2 aromatic rings. The molecule has 0 unspecified atom stereocenters. The van der Waals surface area contributed by atoms with Gasteiger partial charge in [0.15, 0.2) is 0 Å². The van der Waals surface area contributed by atoms with Crippen LogP contribution in [0.25, 0.3) is 0 Å². The number of amides is 1. The quantitative estimate of drug-likeness (QED) is 0.773. The van der Waals surface area contributed by atoms with Gasteiger partial charge in [0.05, 0.1) is 0 Å². The van der Waals surface area contributed by atoms with Gasteiger partial charge < -0.3 is 10.4 Å². The van der Waals surface area contributed by atoms with E-state index >= 15 is 0 Å². The van der Waals surface area contributed by atoms with E-state index in [-0.39, 0.29) is 16.6 Å². The molecule has 128 valence electrons. The summed E-state index contributed by atoms with van der Waals surface area (Å²) in [5, 5.41) is 12.5. The number of aryl methyl sites for hydroxylation is 2. The van der Waals surface area contributed by atoms with Crippen LogP contribution < -0.4 is 10.0 Å². The molecule has 0 saturated heterocycles. The van der Waals surface area contributed by atoms with Gasteiger partial charge in [0.1, 0.15) is 10.6 Å². The second-order valence-corrected chi connectivity index (χ2v) is 7.16. The van der Waals surface area contributed by atoms with Crippen LogP contribution in [0.3, 0.4) is 0 Å². The third-order valence-electron chi connectivity index (χ3n) is 3.48. The van der Waals surface area contributed by atoms with E-state index in [1.165, 1.54) is 12.1 Å². The number of phenols is 1. The fourth-order valence-corrected chi connectivity index (χ4v) is 3.38. The highest BCUT2D eigenvalue weighted by molar-refractivity contribution is 7.92. The molecule has 2 aromatic carbocycles. The number of anilines is 2. The number of sulfonamides is 1. The van der Waals surface area contributed by atoms with E-state index in [4.69, 9.17) is 0 Å². The van der Waals surface area contributed by atoms with Gasteiger partial charge in [0, 0.05) is 17.8 Å². The number of hydrogen-bond acceptors (Lipinski definition) is 4. The highest BCUT2D eigenvalue weighted by atomic mass is 32.2. The van der Waals surface area contributed by atoms with Gasteiger partial charge in [-0.15, -0.1) is 0 Å². The van der Waals surface area contributed by atoms with E-state index in [1.54, 1.807) is 45.0 Å². The lowest BCUT2D eigenvalue weighted by atomic mass is 10.2. The Hall–Kier alpha value is -2.54. The van der Waals surface area contributed by atoms with Gasteiger partial charge in [0.2, 0.25) is 5.91 Å². The van der Waals surface area contributed by atoms with Crippen molar-refractivity contribution in [3.05, 3.63) is 47.5 Å². The number of hydrogen-bond donors (Lipinski definition) is 3. The Labute approximate surface area is 141 Å². The van der Waals surface area contributed by atoms with Crippen molar-refractivity contribution in [1.82, 2.24) is 0 Å². The molecule has 7 heteroatoms. The zero-order chi connectivity index (χ0) is 17.9. The summed E-state index contributed by atoms with van der Waals surface area (Å²) in [5.41, 5.74) is 2.43. The van der Waals surface area contributed by atoms with Gasteiger partial charge >= 0.3 is 0 Å². The summed E-state index contributed by atoms with van der Waals surface area (Å²) in [6.07, 6.45) is 0.362. The Morgan fingerprint density at radius 2 is 1.83 bits per heavy atom. The molecule has 0 aliphatic rings. The van der Waals surface area contributed by atoms with Crippen LogP contribution in [-0.4, -0.2) is 19.4 Å². The summed E-state index contributed by atoms with van der Waals surface area (Å²) in [5.74, 6) is -0.423. The van der Waals surface area contributed by atoms with Crippen LogP contribution in [-0.2, 0) is 14.8 Å². The predicted octanol–water partition coefficient (Wildman–Crippen LogP) is 3.16. The predicted molar refractivity (Wildman–Crippen MR) is 93.8 cm³/mol. The molecular formula is C17H20N2O4S. The average molecular weight is 348 g/mol. The molecule has 0 spiro atoms. The maximum absolute atomic E-state index is 12.5. The second kappa shape index (κ2) is 6.92. The first-order chi connectivity index (χ1) is 11.2. The van der Waals surface area contributed by atoms with E-state index in [1.807, 2.05) is 0 Å². The first kappa shape index (κ1) is 17.8. The standard InChI is InChI=1S/C17H20N2O4S/c1-4-17(21)18-14-7-6-13(10-12(14)3)19-24(22,23)16-9-11(2)5-8-15(16)20/h5-10,19-20H,4H2,1-3H3,(H,18,21). The fraction of sp³-hybridized carbons (Fsp3) is 0.235. The number of nitrogens with one attached hydrogen (secondary N) is 2. The average Bonchev–Trinajstić information content (AvgIpc) is 2.51. The van der Waals surface area contributed by atoms with Gasteiger partial charge in [-0.2, -0.15) is 0 Å². The Morgan fingerprint density at radius 1 is 1.12 bits per heavy atom. The van der Waals surface area contributed by atoms with E-state index in [9.17, 15) is 18.3 Å². The molecule has 0 fully saturated rings. The maximum atomic E-state index is 12.5. The van der Waals surface area contributed by atoms with Gasteiger partial charge in [0.25, 0.3) is 10.0 Å². The topological polar surface area (TPSA) is 95.5 Å². The van der Waals surface area contributed by atoms with Gasteiger partial charge in [-0.1, -0.05) is 13.0 Å². The van der Waals surface area contributed by atoms with Crippen molar-refractivity contribution >= 4 is 27.3 Å². The van der Waals surface area contributed by atoms with Crippen LogP contribution in [0.1, 0.15) is 24.5 Å². The summed E-state index contributed by atoms with van der Waals surface area (Å²) in [6.45, 7) is 5.27. The summed E-state index contributed by atoms with van der Waals surface area (Å²) < 4.78 is 27.3. The van der Waals surface area contributed by atoms with Crippen LogP contribution in [0.2, 0.25) is 0 Å². The molecular weight excluding hydrogens is 328 g/mol. The third-order valence-corrected chi connectivity index (χ3v) is 4.89. The molecule has 2 rings (SSSR count). The monoisotopic (exact) mass is 348 g/mol. The zero-order valence-corrected chi connectivity index (χ0v) is 14.6. The van der Waals surface area contributed by atoms with Crippen LogP contribution in [0.15, 0.2) is 41.3 Å². The van der Waals surface area contributed by atoms with Crippen molar-refractivity contribution in [2.24, 2.45) is 0 Å². The van der Waals surface area contributed by atoms with E-state index < -0.39 is 10.0 Å². The van der Waals surface area contributed by atoms with Crippen molar-refractivity contribution in [3.8, 4) is 5.75 Å². The molecule has 0 aliphatic heterocycles. The highest BCUT2D eigenvalue weighted by Crippen LogP contribution is 2.27. The number of benzene rings is 2. The normalized spacial score (nSPS) is 11.1. The smallest absolute Gasteiger partial charge is 0.265 e. The number of rotatable bonds is 5. The summed E-state index contributed by atoms with van der Waals surface area (Å²) in [7, 11) is -3.91. The third kappa shape index (κ3) is 4.05. The molecule has 0 atom stereocenters. The molecule has 3 N–H and O–H groups in total. The molecule has 24 heavy (non-hydrogen) atoms. The Balaban J connectivity index is 2.29. The van der Waals surface area contributed by atoms with Gasteiger partial charge in [-0.05, 0) is 55.3 Å². The number of carbonyl (C=O) groups excluding carboxylic acids is 1. The second-order valence-electron chi connectivity index (χ2n) is 5.51. The van der Waals surface area contributed by atoms with Crippen molar-refractivity contribution < 1.29 is 18.3 Å². The number of carbonyl (C=O) groups is 1. The van der Waals surface area contributed by atoms with E-state index in [0.29, 0.717) is 17.8 Å². The van der Waals surface area contributed by atoms with Gasteiger partial charge in [-0.3, -0.25) is 9.52 Å². The largest absolute Gasteiger partial charge is 0.507 e. The minimum atomic E-state index is -3.91. The first-order valence-corrected chi connectivity index (χ1v) is 8.94. The molecule has 0 heterocycles. The molecule has 0 saturated carbocycles. The molecule has 0 aliphatic carbocycles. The van der Waals surface area contributed by atoms with Crippen molar-refractivity contribution in [2.75, 3.05) is 10.0 Å². The minimum Gasteiger partial charge on any atom is -0.507 e. The molecule has 0 radical (unpaired) electrons. The minimum absolute atomic E-state index is 0.115. The molecule has 0 aromatic heterocycles. The lowest BCUT2D eigenvalue weighted by Gasteiger charge is -2.13. The number of aromatic hydroxyl groups is 1. The van der Waals surface area contributed by atoms with E-state index in [0.717, 1.165) is 11.1 Å². The van der Waals surface area contributed by atoms with Crippen molar-refractivity contribution in [1.29, 1.82) is 0 Å². The Kier molecular flexibility index (Phi) is 5.14. The maximum Gasteiger partial charge on any atom is 0.265 e. The Bertz CT molecular complexity index is 876. The lowest BCUT2D eigenvalue weighted by Crippen LogP contribution is -2.14. The fourth-order valence-electron chi connectivity index (χ4n) is 2.15. The lowest BCUT2D eigenvalue weighted by molar-refractivity contribution is -0.115. The zero-order valence-electron chi connectivity index (χ0n) is 13.8. The highest BCUT2D eigenvalue weighted by Gasteiger charge is 2.19. The first-order valence-electron chi connectivity index (χ1n) is 7.46. The van der Waals surface area contributed by atoms with Crippen LogP contribution in [0.4, 0.5) is 11.4 Å². The van der Waals surface area contributed by atoms with Crippen LogP contribution in [0, 0.1) is 13.8 Å². The van der Waals surface area contributed by atoms with Gasteiger partial charge in [-0.25, -0.2) is 8.42 Å². The summed E-state index contributed by atoms with van der Waals surface area (Å²) >= 11 is 0. The van der Waals surface area contributed by atoms with Crippen LogP contribution >= 0.6 is 0 Å². The SMILES string of the molecule is CCC(=O)Nc1ccc(NS(=O)(=O)c2cc(C)ccc2O)cc1C. The van der Waals surface area contributed by atoms with Crippen molar-refractivity contribution in [3.63, 3.8) is 0 Å². The van der Waals surface area contributed by atoms with E-state index in [2.05, 4.69) is 10.0 Å². The molecule has 0 bridgehead atoms. The molecule has 1 amide bonds. The number of phenolic OH excluding ortho intramolecular Hbond substituents is 1. The summed E-state index contributed by atoms with van der Waals surface area (Å²) in [4.78, 5) is 11.3. The van der Waals surface area contributed by atoms with Crippen molar-refractivity contribution in [2.45, 2.75) is 32.1 Å². The van der Waals surface area contributed by atoms with Crippen LogP contribution in [0.5, 0.6) is 5.75 Å².